The van der Waals surface area contributed by atoms with E-state index < -0.39 is 20.5 Å². The number of hydrogen-bond donors (Lipinski definition) is 2. The van der Waals surface area contributed by atoms with Crippen molar-refractivity contribution in [1.29, 1.82) is 0 Å². The third kappa shape index (κ3) is 5.37. The van der Waals surface area contributed by atoms with Crippen molar-refractivity contribution in [2.45, 2.75) is 10.7 Å². The Kier molecular flexibility index (Phi) is 8.01. The maximum atomic E-state index is 12.4. The van der Waals surface area contributed by atoms with Crippen molar-refractivity contribution in [2.75, 3.05) is 39.3 Å². The lowest BCUT2D eigenvalue weighted by atomic mass is 10.2. The molecule has 10 heteroatoms. The Hall–Kier alpha value is -1.29. The van der Waals surface area contributed by atoms with Crippen LogP contribution >= 0.6 is 12.4 Å². The van der Waals surface area contributed by atoms with Crippen LogP contribution in [-0.2, 0) is 9.84 Å². The molecule has 1 amide bonds. The van der Waals surface area contributed by atoms with Gasteiger partial charge in [0.05, 0.1) is 4.90 Å². The van der Waals surface area contributed by atoms with E-state index >= 15 is 0 Å². The van der Waals surface area contributed by atoms with Crippen molar-refractivity contribution < 1.29 is 22.0 Å². The van der Waals surface area contributed by atoms with E-state index in [1.165, 1.54) is 12.1 Å². The Morgan fingerprint density at radius 2 is 1.79 bits per heavy atom. The van der Waals surface area contributed by atoms with Gasteiger partial charge >= 0.3 is 5.76 Å². The number of halogens is 3. The summed E-state index contributed by atoms with van der Waals surface area (Å²) in [6.45, 7) is 4.90. The smallest absolute Gasteiger partial charge is 0.341 e. The Morgan fingerprint density at radius 3 is 2.33 bits per heavy atom. The van der Waals surface area contributed by atoms with Gasteiger partial charge in [-0.05, 0) is 24.3 Å². The lowest BCUT2D eigenvalue weighted by Gasteiger charge is -2.27. The zero-order valence-electron chi connectivity index (χ0n) is 12.9. The van der Waals surface area contributed by atoms with Crippen LogP contribution in [0.15, 0.2) is 29.2 Å². The lowest BCUT2D eigenvalue weighted by Crippen LogP contribution is -2.46. The second-order valence-electron chi connectivity index (χ2n) is 5.18. The molecule has 0 aromatic heterocycles. The van der Waals surface area contributed by atoms with Crippen molar-refractivity contribution in [1.82, 2.24) is 15.5 Å². The molecule has 0 saturated carbocycles. The second kappa shape index (κ2) is 9.26. The summed E-state index contributed by atoms with van der Waals surface area (Å²) in [6, 6.07) is 4.50. The zero-order chi connectivity index (χ0) is 16.9. The molecule has 0 aliphatic carbocycles. The molecule has 1 aromatic rings. The summed E-state index contributed by atoms with van der Waals surface area (Å²) < 4.78 is 47.4. The quantitative estimate of drug-likeness (QED) is 0.757. The van der Waals surface area contributed by atoms with Crippen LogP contribution in [-0.4, -0.2) is 64.3 Å². The van der Waals surface area contributed by atoms with Gasteiger partial charge in [-0.25, -0.2) is 8.42 Å². The van der Waals surface area contributed by atoms with Gasteiger partial charge in [0.15, 0.2) is 0 Å². The number of piperazine rings is 1. The summed E-state index contributed by atoms with van der Waals surface area (Å²) in [5.41, 5.74) is 0.235. The Labute approximate surface area is 145 Å². The average Bonchev–Trinajstić information content (AvgIpc) is 2.55. The Bertz CT molecular complexity index is 635. The first kappa shape index (κ1) is 20.8. The number of hydrogen-bond acceptors (Lipinski definition) is 5. The molecule has 136 valence electrons. The molecule has 1 aromatic carbocycles. The molecule has 2 N–H and O–H groups in total. The molecule has 24 heavy (non-hydrogen) atoms. The fraction of sp³-hybridized carbons (Fsp3) is 0.500. The highest BCUT2D eigenvalue weighted by Crippen LogP contribution is 2.18. The minimum atomic E-state index is -4.63. The number of benzene rings is 1. The van der Waals surface area contributed by atoms with E-state index in [0.717, 1.165) is 44.9 Å². The first-order valence-corrected chi connectivity index (χ1v) is 8.79. The Balaban J connectivity index is 0.00000288. The van der Waals surface area contributed by atoms with Crippen molar-refractivity contribution in [2.24, 2.45) is 0 Å². The van der Waals surface area contributed by atoms with E-state index in [-0.39, 0.29) is 23.9 Å². The van der Waals surface area contributed by atoms with Crippen LogP contribution in [0.5, 0.6) is 0 Å². The van der Waals surface area contributed by atoms with Crippen molar-refractivity contribution >= 4 is 28.2 Å². The molecule has 6 nitrogen and oxygen atoms in total. The topological polar surface area (TPSA) is 78.5 Å². The summed E-state index contributed by atoms with van der Waals surface area (Å²) in [6.07, 6.45) is 0. The van der Waals surface area contributed by atoms with E-state index in [4.69, 9.17) is 0 Å². The highest BCUT2D eigenvalue weighted by atomic mass is 35.5. The predicted octanol–water partition coefficient (Wildman–Crippen LogP) is 0.740. The van der Waals surface area contributed by atoms with Crippen LogP contribution in [0.1, 0.15) is 10.4 Å². The van der Waals surface area contributed by atoms with E-state index in [0.29, 0.717) is 6.54 Å². The van der Waals surface area contributed by atoms with Crippen molar-refractivity contribution in [3.8, 4) is 0 Å². The number of nitrogens with one attached hydrogen (secondary N) is 2. The van der Waals surface area contributed by atoms with Gasteiger partial charge in [-0.2, -0.15) is 8.78 Å². The molecule has 0 radical (unpaired) electrons. The number of carbonyl (C=O) groups is 1. The Morgan fingerprint density at radius 1 is 1.21 bits per heavy atom. The molecule has 1 fully saturated rings. The van der Waals surface area contributed by atoms with Gasteiger partial charge in [0.2, 0.25) is 9.84 Å². The third-order valence-corrected chi connectivity index (χ3v) is 5.00. The largest absolute Gasteiger partial charge is 0.351 e. The summed E-state index contributed by atoms with van der Waals surface area (Å²) in [7, 11) is -4.63. The molecule has 1 aliphatic rings. The summed E-state index contributed by atoms with van der Waals surface area (Å²) in [4.78, 5) is 13.7. The minimum Gasteiger partial charge on any atom is -0.351 e. The SMILES string of the molecule is Cl.O=C(NCCN1CCNCC1)c1ccc(S(=O)(=O)C(F)F)cc1. The fourth-order valence-corrected chi connectivity index (χ4v) is 2.98. The van der Waals surface area contributed by atoms with E-state index in [9.17, 15) is 22.0 Å². The normalized spacial score (nSPS) is 15.8. The number of rotatable bonds is 6. The summed E-state index contributed by atoms with van der Waals surface area (Å²) in [5.74, 6) is -3.83. The van der Waals surface area contributed by atoms with Crippen molar-refractivity contribution in [3.05, 3.63) is 29.8 Å². The number of nitrogens with zero attached hydrogens (tertiary/aromatic N) is 1. The molecule has 0 spiro atoms. The molecule has 0 bridgehead atoms. The van der Waals surface area contributed by atoms with Gasteiger partial charge in [0, 0.05) is 44.8 Å². The van der Waals surface area contributed by atoms with E-state index in [1.54, 1.807) is 0 Å². The number of amides is 1. The van der Waals surface area contributed by atoms with Crippen LogP contribution in [0.3, 0.4) is 0 Å². The summed E-state index contributed by atoms with van der Waals surface area (Å²) >= 11 is 0. The second-order valence-corrected chi connectivity index (χ2v) is 7.10. The molecular weight excluding hydrogens is 364 g/mol. The molecule has 0 atom stereocenters. The van der Waals surface area contributed by atoms with Crippen LogP contribution in [0.4, 0.5) is 8.78 Å². The molecule has 1 saturated heterocycles. The predicted molar refractivity (Wildman–Crippen MR) is 88.5 cm³/mol. The van der Waals surface area contributed by atoms with E-state index in [2.05, 4.69) is 15.5 Å². The maximum absolute atomic E-state index is 12.4. The molecule has 2 rings (SSSR count). The lowest BCUT2D eigenvalue weighted by molar-refractivity contribution is 0.0947. The number of alkyl halides is 2. The molecule has 1 heterocycles. The molecule has 0 unspecified atom stereocenters. The van der Waals surface area contributed by atoms with Crippen LogP contribution < -0.4 is 10.6 Å². The van der Waals surface area contributed by atoms with Crippen molar-refractivity contribution in [3.63, 3.8) is 0 Å². The number of carbonyl (C=O) groups excluding carboxylic acids is 1. The average molecular weight is 384 g/mol. The standard InChI is InChI=1S/C14H19F2N3O3S.ClH/c15-14(16)23(21,22)12-3-1-11(2-4-12)13(20)18-7-10-19-8-5-17-6-9-19;/h1-4,14,17H,5-10H2,(H,18,20);1H. The van der Waals surface area contributed by atoms with Crippen LogP contribution in [0.2, 0.25) is 0 Å². The van der Waals surface area contributed by atoms with E-state index in [1.807, 2.05) is 0 Å². The van der Waals surface area contributed by atoms with Gasteiger partial charge in [0.25, 0.3) is 5.91 Å². The third-order valence-electron chi connectivity index (χ3n) is 3.60. The molecular formula is C14H20ClF2N3O3S. The highest BCUT2D eigenvalue weighted by molar-refractivity contribution is 7.91. The first-order chi connectivity index (χ1) is 10.9. The van der Waals surface area contributed by atoms with Gasteiger partial charge in [0.1, 0.15) is 0 Å². The van der Waals surface area contributed by atoms with Gasteiger partial charge < -0.3 is 10.6 Å². The summed E-state index contributed by atoms with van der Waals surface area (Å²) in [5, 5.41) is 5.96. The maximum Gasteiger partial charge on any atom is 0.341 e. The first-order valence-electron chi connectivity index (χ1n) is 7.24. The van der Waals surface area contributed by atoms with Gasteiger partial charge in [-0.1, -0.05) is 0 Å². The van der Waals surface area contributed by atoms with Gasteiger partial charge in [-0.15, -0.1) is 12.4 Å². The fourth-order valence-electron chi connectivity index (χ4n) is 2.26. The highest BCUT2D eigenvalue weighted by Gasteiger charge is 2.26. The van der Waals surface area contributed by atoms with Gasteiger partial charge in [-0.3, -0.25) is 9.69 Å². The monoisotopic (exact) mass is 383 g/mol. The molecule has 1 aliphatic heterocycles. The number of sulfone groups is 1. The van der Waals surface area contributed by atoms with Crippen LogP contribution in [0, 0.1) is 0 Å². The van der Waals surface area contributed by atoms with Crippen LogP contribution in [0.25, 0.3) is 0 Å². The minimum absolute atomic E-state index is 0. The zero-order valence-corrected chi connectivity index (χ0v) is 14.5.